The van der Waals surface area contributed by atoms with E-state index in [9.17, 15) is 4.79 Å². The van der Waals surface area contributed by atoms with Crippen LogP contribution in [0.2, 0.25) is 0 Å². The Bertz CT molecular complexity index is 698. The number of hydrogen-bond donors (Lipinski definition) is 3. The minimum atomic E-state index is -0.228. The number of nitrogens with one attached hydrogen (secondary N) is 3. The van der Waals surface area contributed by atoms with Crippen LogP contribution in [0, 0.1) is 0 Å². The Balaban J connectivity index is 2.10. The summed E-state index contributed by atoms with van der Waals surface area (Å²) in [4.78, 5) is 18.7. The van der Waals surface area contributed by atoms with E-state index in [1.807, 2.05) is 24.3 Å². The van der Waals surface area contributed by atoms with Crippen LogP contribution in [0.15, 0.2) is 30.5 Å². The van der Waals surface area contributed by atoms with Gasteiger partial charge in [-0.3, -0.25) is 9.89 Å². The lowest BCUT2D eigenvalue weighted by atomic mass is 10.1. The van der Waals surface area contributed by atoms with Gasteiger partial charge in [0.2, 0.25) is 0 Å². The van der Waals surface area contributed by atoms with Gasteiger partial charge >= 0.3 is 0 Å². The monoisotopic (exact) mass is 241 g/mol. The fourth-order valence-electron chi connectivity index (χ4n) is 1.82. The number of fused-ring (bicyclic) bond motifs is 1. The topological polar surface area (TPSA) is 86.5 Å². The quantitative estimate of drug-likeness (QED) is 0.632. The highest BCUT2D eigenvalue weighted by Crippen LogP contribution is 2.21. The minimum absolute atomic E-state index is 0.228. The number of carbonyl (C=O) groups excluding carboxylic acids is 1. The second-order valence-corrected chi connectivity index (χ2v) is 3.87. The summed E-state index contributed by atoms with van der Waals surface area (Å²) in [5, 5.41) is 9.34. The number of aromatic nitrogens is 4. The van der Waals surface area contributed by atoms with E-state index in [1.165, 1.54) is 0 Å². The van der Waals surface area contributed by atoms with Crippen LogP contribution in [-0.2, 0) is 0 Å². The van der Waals surface area contributed by atoms with E-state index in [-0.39, 0.29) is 5.91 Å². The molecule has 0 atom stereocenters. The third-order valence-electron chi connectivity index (χ3n) is 2.74. The zero-order valence-electron chi connectivity index (χ0n) is 9.69. The first kappa shape index (κ1) is 10.5. The van der Waals surface area contributed by atoms with E-state index in [0.717, 1.165) is 22.3 Å². The molecule has 3 rings (SSSR count). The van der Waals surface area contributed by atoms with E-state index in [1.54, 1.807) is 13.2 Å². The van der Waals surface area contributed by atoms with E-state index in [0.29, 0.717) is 5.82 Å². The normalized spacial score (nSPS) is 10.7. The molecule has 18 heavy (non-hydrogen) atoms. The van der Waals surface area contributed by atoms with Crippen molar-refractivity contribution >= 4 is 16.9 Å². The van der Waals surface area contributed by atoms with Gasteiger partial charge in [0.15, 0.2) is 5.82 Å². The van der Waals surface area contributed by atoms with Crippen molar-refractivity contribution in [2.24, 2.45) is 0 Å². The lowest BCUT2D eigenvalue weighted by Gasteiger charge is -1.96. The van der Waals surface area contributed by atoms with Gasteiger partial charge < -0.3 is 10.3 Å². The lowest BCUT2D eigenvalue weighted by Crippen LogP contribution is -2.19. The number of H-pyrrole nitrogens is 2. The number of carbonyl (C=O) groups is 1. The Morgan fingerprint density at radius 1 is 1.33 bits per heavy atom. The molecule has 0 fully saturated rings. The summed E-state index contributed by atoms with van der Waals surface area (Å²) in [7, 11) is 1.57. The molecule has 3 N–H and O–H groups in total. The molecule has 1 aromatic carbocycles. The van der Waals surface area contributed by atoms with Crippen LogP contribution in [-0.4, -0.2) is 33.1 Å². The van der Waals surface area contributed by atoms with E-state index < -0.39 is 0 Å². The number of benzene rings is 1. The smallest absolute Gasteiger partial charge is 0.286 e. The fourth-order valence-corrected chi connectivity index (χ4v) is 1.82. The molecule has 0 radical (unpaired) electrons. The molecule has 3 aromatic rings. The molecule has 6 heteroatoms. The third-order valence-corrected chi connectivity index (χ3v) is 2.74. The first-order valence-corrected chi connectivity index (χ1v) is 5.49. The number of imidazole rings is 1. The van der Waals surface area contributed by atoms with Crippen molar-refractivity contribution in [3.63, 3.8) is 0 Å². The highest BCUT2D eigenvalue weighted by Gasteiger charge is 2.10. The lowest BCUT2D eigenvalue weighted by molar-refractivity contribution is 0.0954. The first-order chi connectivity index (χ1) is 8.78. The molecule has 0 saturated carbocycles. The molecule has 6 nitrogen and oxygen atoms in total. The average Bonchev–Trinajstić information content (AvgIpc) is 3.05. The third kappa shape index (κ3) is 1.64. The molecular weight excluding hydrogens is 230 g/mol. The van der Waals surface area contributed by atoms with Crippen LogP contribution in [0.5, 0.6) is 0 Å². The van der Waals surface area contributed by atoms with Gasteiger partial charge in [0, 0.05) is 18.8 Å². The number of rotatable bonds is 2. The van der Waals surface area contributed by atoms with Gasteiger partial charge in [0.25, 0.3) is 5.91 Å². The SMILES string of the molecule is CNC(=O)c1nc2ccc(-c3ccn[nH]3)cc2[nH]1. The zero-order valence-corrected chi connectivity index (χ0v) is 9.69. The van der Waals surface area contributed by atoms with Crippen molar-refractivity contribution in [3.8, 4) is 11.3 Å². The Kier molecular flexibility index (Phi) is 2.33. The largest absolute Gasteiger partial charge is 0.352 e. The molecule has 0 spiro atoms. The number of hydrogen-bond acceptors (Lipinski definition) is 3. The Hall–Kier alpha value is -2.63. The van der Waals surface area contributed by atoms with Crippen LogP contribution in [0.1, 0.15) is 10.6 Å². The molecule has 0 aliphatic heterocycles. The predicted octanol–water partition coefficient (Wildman–Crippen LogP) is 1.31. The van der Waals surface area contributed by atoms with Gasteiger partial charge in [0.05, 0.1) is 16.7 Å². The second kappa shape index (κ2) is 3.99. The van der Waals surface area contributed by atoms with Gasteiger partial charge in [-0.1, -0.05) is 6.07 Å². The maximum absolute atomic E-state index is 11.5. The van der Waals surface area contributed by atoms with Crippen molar-refractivity contribution in [2.45, 2.75) is 0 Å². The molecule has 90 valence electrons. The molecule has 0 bridgehead atoms. The molecule has 1 amide bonds. The highest BCUT2D eigenvalue weighted by atomic mass is 16.2. The number of nitrogens with zero attached hydrogens (tertiary/aromatic N) is 2. The van der Waals surface area contributed by atoms with Crippen LogP contribution in [0.4, 0.5) is 0 Å². The predicted molar refractivity (Wildman–Crippen MR) is 67.1 cm³/mol. The van der Waals surface area contributed by atoms with Crippen molar-refractivity contribution in [3.05, 3.63) is 36.3 Å². The summed E-state index contributed by atoms with van der Waals surface area (Å²) < 4.78 is 0. The average molecular weight is 241 g/mol. The van der Waals surface area contributed by atoms with Gasteiger partial charge in [-0.15, -0.1) is 0 Å². The van der Waals surface area contributed by atoms with Gasteiger partial charge in [-0.25, -0.2) is 4.98 Å². The van der Waals surface area contributed by atoms with Gasteiger partial charge in [-0.05, 0) is 18.2 Å². The Morgan fingerprint density at radius 2 is 2.22 bits per heavy atom. The van der Waals surface area contributed by atoms with Gasteiger partial charge in [0.1, 0.15) is 0 Å². The maximum Gasteiger partial charge on any atom is 0.286 e. The van der Waals surface area contributed by atoms with Gasteiger partial charge in [-0.2, -0.15) is 5.10 Å². The van der Waals surface area contributed by atoms with E-state index >= 15 is 0 Å². The summed E-state index contributed by atoms with van der Waals surface area (Å²) in [6.45, 7) is 0. The first-order valence-electron chi connectivity index (χ1n) is 5.49. The fraction of sp³-hybridized carbons (Fsp3) is 0.0833. The summed E-state index contributed by atoms with van der Waals surface area (Å²) in [5.74, 6) is 0.0866. The highest BCUT2D eigenvalue weighted by molar-refractivity contribution is 5.94. The second-order valence-electron chi connectivity index (χ2n) is 3.87. The number of aromatic amines is 2. The molecule has 0 unspecified atom stereocenters. The van der Waals surface area contributed by atoms with Crippen LogP contribution < -0.4 is 5.32 Å². The molecule has 2 aromatic heterocycles. The standard InChI is InChI=1S/C12H11N5O/c1-13-12(18)11-15-9-3-2-7(6-10(9)16-11)8-4-5-14-17-8/h2-6H,1H3,(H,13,18)(H,14,17)(H,15,16). The Morgan fingerprint density at radius 3 is 2.94 bits per heavy atom. The van der Waals surface area contributed by atoms with Crippen molar-refractivity contribution in [1.29, 1.82) is 0 Å². The van der Waals surface area contributed by atoms with Crippen molar-refractivity contribution < 1.29 is 4.79 Å². The summed E-state index contributed by atoms with van der Waals surface area (Å²) >= 11 is 0. The van der Waals surface area contributed by atoms with Crippen molar-refractivity contribution in [2.75, 3.05) is 7.05 Å². The summed E-state index contributed by atoms with van der Waals surface area (Å²) in [6, 6.07) is 7.62. The minimum Gasteiger partial charge on any atom is -0.352 e. The van der Waals surface area contributed by atoms with Crippen LogP contribution >= 0.6 is 0 Å². The van der Waals surface area contributed by atoms with Crippen LogP contribution in [0.25, 0.3) is 22.3 Å². The van der Waals surface area contributed by atoms with E-state index in [4.69, 9.17) is 0 Å². The molecule has 0 saturated heterocycles. The molecule has 0 aliphatic rings. The summed E-state index contributed by atoms with van der Waals surface area (Å²) in [6.07, 6.45) is 1.70. The zero-order chi connectivity index (χ0) is 12.5. The van der Waals surface area contributed by atoms with Crippen molar-refractivity contribution in [1.82, 2.24) is 25.5 Å². The molecular formula is C12H11N5O. The van der Waals surface area contributed by atoms with E-state index in [2.05, 4.69) is 25.5 Å². The Labute approximate surface area is 102 Å². The number of amides is 1. The molecule has 0 aliphatic carbocycles. The molecule has 2 heterocycles. The maximum atomic E-state index is 11.5. The van der Waals surface area contributed by atoms with Crippen LogP contribution in [0.3, 0.4) is 0 Å². The summed E-state index contributed by atoms with van der Waals surface area (Å²) in [5.41, 5.74) is 3.50.